The van der Waals surface area contributed by atoms with Gasteiger partial charge in [0, 0.05) is 41.4 Å². The van der Waals surface area contributed by atoms with Crippen LogP contribution >= 0.6 is 23.2 Å². The fraction of sp³-hybridized carbons (Fsp3) is 0.560. The fourth-order valence-corrected chi connectivity index (χ4v) is 6.56. The second kappa shape index (κ2) is 8.65. The molecule has 1 spiro atoms. The van der Waals surface area contributed by atoms with Gasteiger partial charge < -0.3 is 15.2 Å². The number of aliphatic hydroxyl groups excluding tert-OH is 1. The number of alkyl halides is 2. The number of anilines is 1. The highest BCUT2D eigenvalue weighted by Crippen LogP contribution is 2.57. The average molecular weight is 495 g/mol. The molecule has 3 aliphatic heterocycles. The zero-order chi connectivity index (χ0) is 23.4. The maximum absolute atomic E-state index is 15.8. The smallest absolute Gasteiger partial charge is 0.250 e. The quantitative estimate of drug-likeness (QED) is 0.607. The number of rotatable bonds is 4. The van der Waals surface area contributed by atoms with Gasteiger partial charge >= 0.3 is 0 Å². The lowest BCUT2D eigenvalue weighted by Gasteiger charge is -2.43. The molecule has 0 bridgehead atoms. The van der Waals surface area contributed by atoms with Crippen LogP contribution in [0, 0.1) is 11.8 Å². The van der Waals surface area contributed by atoms with Crippen molar-refractivity contribution in [2.45, 2.75) is 48.8 Å². The van der Waals surface area contributed by atoms with E-state index < -0.39 is 22.5 Å². The predicted octanol–water partition coefficient (Wildman–Crippen LogP) is 4.43. The number of nitrogens with one attached hydrogen (secondary N) is 1. The summed E-state index contributed by atoms with van der Waals surface area (Å²) in [5.41, 5.74) is 0.748. The van der Waals surface area contributed by atoms with Gasteiger partial charge in [0.15, 0.2) is 0 Å². The molecule has 0 saturated carbocycles. The summed E-state index contributed by atoms with van der Waals surface area (Å²) in [5.74, 6) is -0.469. The highest BCUT2D eigenvalue weighted by Gasteiger charge is 2.64. The normalized spacial score (nSPS) is 38.5. The van der Waals surface area contributed by atoms with E-state index in [0.29, 0.717) is 35.9 Å². The number of allylic oxidation sites excluding steroid dienone is 3. The van der Waals surface area contributed by atoms with E-state index in [0.717, 1.165) is 25.0 Å². The minimum Gasteiger partial charge on any atom is -0.395 e. The molecule has 1 aromatic rings. The Morgan fingerprint density at radius 2 is 2.21 bits per heavy atom. The monoisotopic (exact) mass is 494 g/mol. The molecule has 3 heterocycles. The summed E-state index contributed by atoms with van der Waals surface area (Å²) in [6.45, 7) is 3.46. The molecule has 1 amide bonds. The van der Waals surface area contributed by atoms with Gasteiger partial charge in [-0.05, 0) is 49.8 Å². The van der Waals surface area contributed by atoms with Gasteiger partial charge in [0.1, 0.15) is 11.7 Å². The van der Waals surface area contributed by atoms with Crippen LogP contribution < -0.4 is 5.32 Å². The molecule has 3 unspecified atom stereocenters. The Morgan fingerprint density at radius 3 is 2.94 bits per heavy atom. The minimum atomic E-state index is -1.45. The predicted molar refractivity (Wildman–Crippen MR) is 127 cm³/mol. The molecule has 1 aliphatic carbocycles. The van der Waals surface area contributed by atoms with Gasteiger partial charge in [-0.2, -0.15) is 0 Å². The SMILES string of the molecule is CC1(Cl)C=CC=C([C@H]2C[C@H](CO)N(CC3CCCOC3)[C@@]23C(=O)Nc2cc(Cl)ccc23)C1F. The Labute approximate surface area is 203 Å². The molecule has 8 heteroatoms. The molecule has 1 aromatic carbocycles. The number of hydrogen-bond acceptors (Lipinski definition) is 4. The number of carbonyl (C=O) groups excluding carboxylic acids is 1. The summed E-state index contributed by atoms with van der Waals surface area (Å²) in [6.07, 6.45) is 6.12. The van der Waals surface area contributed by atoms with Crippen molar-refractivity contribution in [2.24, 2.45) is 11.8 Å². The molecular weight excluding hydrogens is 466 g/mol. The topological polar surface area (TPSA) is 61.8 Å². The summed E-state index contributed by atoms with van der Waals surface area (Å²) in [7, 11) is 0. The van der Waals surface area contributed by atoms with E-state index in [-0.39, 0.29) is 24.5 Å². The first kappa shape index (κ1) is 23.3. The number of halogens is 3. The second-order valence-electron chi connectivity index (χ2n) is 9.81. The fourth-order valence-electron chi connectivity index (χ4n) is 6.19. The Balaban J connectivity index is 1.66. The van der Waals surface area contributed by atoms with E-state index in [1.54, 1.807) is 37.3 Å². The molecule has 178 valence electrons. The second-order valence-corrected chi connectivity index (χ2v) is 11.1. The highest BCUT2D eigenvalue weighted by atomic mass is 35.5. The molecule has 0 radical (unpaired) electrons. The first-order valence-electron chi connectivity index (χ1n) is 11.6. The largest absolute Gasteiger partial charge is 0.395 e. The summed E-state index contributed by atoms with van der Waals surface area (Å²) in [4.78, 5) is 14.8. The van der Waals surface area contributed by atoms with Crippen LogP contribution in [0.2, 0.25) is 5.02 Å². The average Bonchev–Trinajstić information content (AvgIpc) is 3.26. The molecular formula is C25H29Cl2FN2O3. The summed E-state index contributed by atoms with van der Waals surface area (Å²) in [6, 6.07) is 5.06. The van der Waals surface area contributed by atoms with Crippen molar-refractivity contribution in [3.8, 4) is 0 Å². The van der Waals surface area contributed by atoms with Crippen molar-refractivity contribution in [3.05, 3.63) is 52.6 Å². The minimum absolute atomic E-state index is 0.125. The summed E-state index contributed by atoms with van der Waals surface area (Å²) in [5, 5.41) is 13.9. The van der Waals surface area contributed by atoms with Gasteiger partial charge in [-0.3, -0.25) is 9.69 Å². The van der Waals surface area contributed by atoms with Crippen molar-refractivity contribution >= 4 is 34.8 Å². The van der Waals surface area contributed by atoms with Crippen LogP contribution in [0.5, 0.6) is 0 Å². The van der Waals surface area contributed by atoms with Gasteiger partial charge in [-0.25, -0.2) is 4.39 Å². The third-order valence-corrected chi connectivity index (χ3v) is 8.27. The summed E-state index contributed by atoms with van der Waals surface area (Å²) < 4.78 is 21.5. The van der Waals surface area contributed by atoms with Crippen molar-refractivity contribution in [3.63, 3.8) is 0 Å². The van der Waals surface area contributed by atoms with Gasteiger partial charge in [-0.1, -0.05) is 35.9 Å². The maximum atomic E-state index is 15.8. The number of fused-ring (bicyclic) bond motifs is 2. The number of carbonyl (C=O) groups is 1. The first-order valence-corrected chi connectivity index (χ1v) is 12.3. The van der Waals surface area contributed by atoms with Crippen LogP contribution in [0.1, 0.15) is 31.7 Å². The number of amides is 1. The molecule has 5 rings (SSSR count). The maximum Gasteiger partial charge on any atom is 0.250 e. The van der Waals surface area contributed by atoms with Crippen molar-refractivity contribution in [2.75, 3.05) is 31.7 Å². The number of ether oxygens (including phenoxy) is 1. The van der Waals surface area contributed by atoms with Gasteiger partial charge in [0.05, 0.1) is 18.1 Å². The van der Waals surface area contributed by atoms with Crippen LogP contribution in [0.4, 0.5) is 10.1 Å². The van der Waals surface area contributed by atoms with E-state index in [1.807, 2.05) is 6.07 Å². The number of benzene rings is 1. The van der Waals surface area contributed by atoms with Gasteiger partial charge in [-0.15, -0.1) is 11.6 Å². The summed E-state index contributed by atoms with van der Waals surface area (Å²) >= 11 is 12.8. The van der Waals surface area contributed by atoms with Gasteiger partial charge in [0.25, 0.3) is 0 Å². The van der Waals surface area contributed by atoms with E-state index in [9.17, 15) is 9.90 Å². The van der Waals surface area contributed by atoms with Crippen molar-refractivity contribution < 1.29 is 19.0 Å². The Morgan fingerprint density at radius 1 is 1.39 bits per heavy atom. The van der Waals surface area contributed by atoms with Gasteiger partial charge in [0.2, 0.25) is 5.91 Å². The van der Waals surface area contributed by atoms with Crippen LogP contribution in [0.3, 0.4) is 0 Å². The molecule has 6 atom stereocenters. The molecule has 5 nitrogen and oxygen atoms in total. The lowest BCUT2D eigenvalue weighted by molar-refractivity contribution is -0.130. The molecule has 0 aromatic heterocycles. The molecule has 2 saturated heterocycles. The van der Waals surface area contributed by atoms with Crippen LogP contribution in [-0.4, -0.2) is 59.4 Å². The molecule has 33 heavy (non-hydrogen) atoms. The standard InChI is InChI=1S/C25H29Cl2FN2O3/c1-24(27)8-2-5-18(22(24)28)20-11-17(13-31)30(12-15-4-3-9-33-14-15)25(20)19-7-6-16(26)10-21(19)29-23(25)32/h2,5-8,10,15,17,20,22,31H,3-4,9,11-14H2,1H3,(H,29,32)/t15?,17-,20-,22?,24?,25-/m1/s1. The van der Waals surface area contributed by atoms with E-state index >= 15 is 4.39 Å². The number of likely N-dealkylation sites (tertiary alicyclic amines) is 1. The van der Waals surface area contributed by atoms with E-state index in [2.05, 4.69) is 10.2 Å². The Hall–Kier alpha value is -1.44. The van der Waals surface area contributed by atoms with E-state index in [4.69, 9.17) is 27.9 Å². The Bertz CT molecular complexity index is 1010. The number of hydrogen-bond donors (Lipinski definition) is 2. The molecule has 2 N–H and O–H groups in total. The third kappa shape index (κ3) is 3.66. The van der Waals surface area contributed by atoms with Crippen molar-refractivity contribution in [1.29, 1.82) is 0 Å². The Kier molecular flexibility index (Phi) is 6.11. The lowest BCUT2D eigenvalue weighted by Crippen LogP contribution is -2.56. The van der Waals surface area contributed by atoms with Crippen molar-refractivity contribution in [1.82, 2.24) is 4.90 Å². The molecule has 4 aliphatic rings. The number of nitrogens with zero attached hydrogens (tertiary/aromatic N) is 1. The molecule has 2 fully saturated rings. The third-order valence-electron chi connectivity index (χ3n) is 7.71. The zero-order valence-corrected chi connectivity index (χ0v) is 20.1. The number of aliphatic hydroxyl groups is 1. The zero-order valence-electron chi connectivity index (χ0n) is 18.6. The van der Waals surface area contributed by atoms with Crippen LogP contribution in [0.25, 0.3) is 0 Å². The van der Waals surface area contributed by atoms with Crippen LogP contribution in [-0.2, 0) is 15.1 Å². The highest BCUT2D eigenvalue weighted by molar-refractivity contribution is 6.31. The van der Waals surface area contributed by atoms with Crippen LogP contribution in [0.15, 0.2) is 42.0 Å². The van der Waals surface area contributed by atoms with E-state index in [1.165, 1.54) is 0 Å². The lowest BCUT2D eigenvalue weighted by atomic mass is 9.71. The first-order chi connectivity index (χ1) is 15.8.